The van der Waals surface area contributed by atoms with Gasteiger partial charge in [-0.15, -0.1) is 0 Å². The maximum absolute atomic E-state index is 11.9. The van der Waals surface area contributed by atoms with Crippen molar-refractivity contribution in [3.63, 3.8) is 0 Å². The fourth-order valence-corrected chi connectivity index (χ4v) is 4.79. The highest BCUT2D eigenvalue weighted by Crippen LogP contribution is 2.57. The van der Waals surface area contributed by atoms with Gasteiger partial charge in [-0.2, -0.15) is 0 Å². The molecule has 2 bridgehead atoms. The van der Waals surface area contributed by atoms with E-state index < -0.39 is 0 Å². The predicted molar refractivity (Wildman–Crippen MR) is 61.7 cm³/mol. The number of hydrogen-bond donors (Lipinski definition) is 1. The number of fused-ring (bicyclic) bond motifs is 6. The van der Waals surface area contributed by atoms with Crippen molar-refractivity contribution in [2.45, 2.75) is 25.7 Å². The molecule has 1 N–H and O–H groups in total. The van der Waals surface area contributed by atoms with Crippen LogP contribution >= 0.6 is 0 Å². The lowest BCUT2D eigenvalue weighted by Gasteiger charge is -2.43. The van der Waals surface area contributed by atoms with Crippen molar-refractivity contribution in [3.05, 3.63) is 12.2 Å². The minimum absolute atomic E-state index is 0.00328. The summed E-state index contributed by atoms with van der Waals surface area (Å²) in [6.45, 7) is 0. The Labute approximate surface area is 101 Å². The fraction of sp³-hybridized carbons (Fsp3) is 0.714. The second kappa shape index (κ2) is 3.21. The molecule has 4 rings (SSSR count). The number of rotatable bonds is 0. The van der Waals surface area contributed by atoms with E-state index >= 15 is 0 Å². The third-order valence-electron chi connectivity index (χ3n) is 5.52. The number of carbonyl (C=O) groups is 2. The van der Waals surface area contributed by atoms with E-state index in [2.05, 4.69) is 17.5 Å². The molecule has 3 fully saturated rings. The van der Waals surface area contributed by atoms with E-state index in [9.17, 15) is 9.59 Å². The molecular formula is C14H17NO2. The summed E-state index contributed by atoms with van der Waals surface area (Å²) in [7, 11) is 0. The van der Waals surface area contributed by atoms with Gasteiger partial charge < -0.3 is 0 Å². The van der Waals surface area contributed by atoms with Gasteiger partial charge in [0.25, 0.3) is 0 Å². The van der Waals surface area contributed by atoms with Crippen LogP contribution in [0.2, 0.25) is 0 Å². The van der Waals surface area contributed by atoms with Crippen molar-refractivity contribution in [3.8, 4) is 0 Å². The van der Waals surface area contributed by atoms with E-state index in [1.54, 1.807) is 0 Å². The minimum Gasteiger partial charge on any atom is -0.296 e. The highest BCUT2D eigenvalue weighted by Gasteiger charge is 2.52. The van der Waals surface area contributed by atoms with Crippen LogP contribution in [-0.2, 0) is 9.59 Å². The lowest BCUT2D eigenvalue weighted by atomic mass is 9.63. The molecule has 3 heteroatoms. The molecule has 1 saturated heterocycles. The minimum atomic E-state index is -0.0617. The van der Waals surface area contributed by atoms with Crippen LogP contribution in [0.5, 0.6) is 0 Å². The van der Waals surface area contributed by atoms with Crippen molar-refractivity contribution < 1.29 is 9.59 Å². The van der Waals surface area contributed by atoms with Crippen LogP contribution in [0.15, 0.2) is 12.2 Å². The first-order chi connectivity index (χ1) is 8.22. The van der Waals surface area contributed by atoms with Gasteiger partial charge in [0.15, 0.2) is 0 Å². The molecule has 4 aliphatic rings. The van der Waals surface area contributed by atoms with Gasteiger partial charge in [0.1, 0.15) is 0 Å². The van der Waals surface area contributed by atoms with Gasteiger partial charge in [-0.1, -0.05) is 12.2 Å². The maximum Gasteiger partial charge on any atom is 0.229 e. The molecule has 3 aliphatic carbocycles. The Morgan fingerprint density at radius 3 is 2.47 bits per heavy atom. The number of piperidine rings is 1. The summed E-state index contributed by atoms with van der Waals surface area (Å²) in [5.74, 6) is 3.30. The predicted octanol–water partition coefficient (Wildman–Crippen LogP) is 1.50. The van der Waals surface area contributed by atoms with Crippen molar-refractivity contribution in [1.82, 2.24) is 5.32 Å². The van der Waals surface area contributed by atoms with Gasteiger partial charge in [-0.05, 0) is 48.9 Å². The highest BCUT2D eigenvalue weighted by molar-refractivity contribution is 5.99. The molecule has 2 amide bonds. The third-order valence-corrected chi connectivity index (χ3v) is 5.52. The zero-order valence-electron chi connectivity index (χ0n) is 9.76. The summed E-state index contributed by atoms with van der Waals surface area (Å²) in [5.41, 5.74) is 0. The first kappa shape index (κ1) is 9.86. The van der Waals surface area contributed by atoms with Crippen molar-refractivity contribution in [2.24, 2.45) is 35.5 Å². The third kappa shape index (κ3) is 1.28. The van der Waals surface area contributed by atoms with Gasteiger partial charge in [-0.3, -0.25) is 14.9 Å². The SMILES string of the molecule is O=C1CC2CC3C4C=CC(C4)C3CC2C(=O)N1. The Bertz CT molecular complexity index is 428. The molecule has 0 spiro atoms. The number of imide groups is 1. The first-order valence-electron chi connectivity index (χ1n) is 6.74. The van der Waals surface area contributed by atoms with Crippen LogP contribution in [0, 0.1) is 35.5 Å². The van der Waals surface area contributed by atoms with Gasteiger partial charge in [0.05, 0.1) is 0 Å². The molecule has 0 radical (unpaired) electrons. The van der Waals surface area contributed by atoms with E-state index in [-0.39, 0.29) is 17.7 Å². The van der Waals surface area contributed by atoms with Crippen LogP contribution < -0.4 is 5.32 Å². The van der Waals surface area contributed by atoms with Crippen LogP contribution in [0.25, 0.3) is 0 Å². The fourth-order valence-electron chi connectivity index (χ4n) is 4.79. The Morgan fingerprint density at radius 2 is 1.71 bits per heavy atom. The van der Waals surface area contributed by atoms with E-state index in [0.717, 1.165) is 30.6 Å². The standard InChI is InChI=1S/C14H17NO2/c16-13-5-9-4-10-7-1-2-8(3-7)11(10)6-12(9)14(17)15-13/h1-2,7-12H,3-6H2,(H,15,16,17). The maximum atomic E-state index is 11.9. The van der Waals surface area contributed by atoms with Crippen LogP contribution in [-0.4, -0.2) is 11.8 Å². The largest absolute Gasteiger partial charge is 0.296 e. The van der Waals surface area contributed by atoms with Crippen LogP contribution in [0.3, 0.4) is 0 Å². The Hall–Kier alpha value is -1.12. The summed E-state index contributed by atoms with van der Waals surface area (Å²) in [6.07, 6.45) is 8.71. The summed E-state index contributed by atoms with van der Waals surface area (Å²) in [6, 6.07) is 0. The van der Waals surface area contributed by atoms with Crippen LogP contribution in [0.1, 0.15) is 25.7 Å². The smallest absolute Gasteiger partial charge is 0.229 e. The van der Waals surface area contributed by atoms with E-state index in [0.29, 0.717) is 18.3 Å². The molecule has 6 atom stereocenters. The topological polar surface area (TPSA) is 46.2 Å². The Morgan fingerprint density at radius 1 is 1.00 bits per heavy atom. The molecule has 1 heterocycles. The summed E-state index contributed by atoms with van der Waals surface area (Å²) < 4.78 is 0. The Balaban J connectivity index is 1.63. The molecule has 1 aliphatic heterocycles. The molecule has 2 saturated carbocycles. The number of amides is 2. The molecule has 3 nitrogen and oxygen atoms in total. The average molecular weight is 231 g/mol. The Kier molecular flexibility index (Phi) is 1.86. The number of hydrogen-bond acceptors (Lipinski definition) is 2. The average Bonchev–Trinajstić information content (AvgIpc) is 2.87. The molecule has 0 aromatic rings. The summed E-state index contributed by atoms with van der Waals surface area (Å²) in [5, 5.41) is 2.51. The molecule has 0 aromatic heterocycles. The van der Waals surface area contributed by atoms with E-state index in [1.807, 2.05) is 0 Å². The molecule has 90 valence electrons. The summed E-state index contributed by atoms with van der Waals surface area (Å²) >= 11 is 0. The molecule has 17 heavy (non-hydrogen) atoms. The highest BCUT2D eigenvalue weighted by atomic mass is 16.2. The van der Waals surface area contributed by atoms with Crippen LogP contribution in [0.4, 0.5) is 0 Å². The van der Waals surface area contributed by atoms with Gasteiger partial charge >= 0.3 is 0 Å². The zero-order valence-corrected chi connectivity index (χ0v) is 9.76. The lowest BCUT2D eigenvalue weighted by molar-refractivity contribution is -0.142. The zero-order chi connectivity index (χ0) is 11.6. The van der Waals surface area contributed by atoms with E-state index in [1.165, 1.54) is 6.42 Å². The monoisotopic (exact) mass is 231 g/mol. The lowest BCUT2D eigenvalue weighted by Crippen LogP contribution is -2.50. The summed E-state index contributed by atoms with van der Waals surface area (Å²) in [4.78, 5) is 23.3. The normalized spacial score (nSPS) is 51.1. The van der Waals surface area contributed by atoms with Crippen molar-refractivity contribution in [1.29, 1.82) is 0 Å². The second-order valence-electron chi connectivity index (χ2n) is 6.23. The quantitative estimate of drug-likeness (QED) is 0.507. The molecular weight excluding hydrogens is 214 g/mol. The van der Waals surface area contributed by atoms with Gasteiger partial charge in [0, 0.05) is 12.3 Å². The number of carbonyl (C=O) groups excluding carboxylic acids is 2. The molecule has 6 unspecified atom stereocenters. The number of nitrogens with one attached hydrogen (secondary N) is 1. The first-order valence-corrected chi connectivity index (χ1v) is 6.74. The van der Waals surface area contributed by atoms with Crippen molar-refractivity contribution >= 4 is 11.8 Å². The van der Waals surface area contributed by atoms with Gasteiger partial charge in [0.2, 0.25) is 11.8 Å². The molecule has 0 aromatic carbocycles. The van der Waals surface area contributed by atoms with E-state index in [4.69, 9.17) is 0 Å². The second-order valence-corrected chi connectivity index (χ2v) is 6.23. The van der Waals surface area contributed by atoms with Gasteiger partial charge in [-0.25, -0.2) is 0 Å². The van der Waals surface area contributed by atoms with Crippen molar-refractivity contribution in [2.75, 3.05) is 0 Å². The number of allylic oxidation sites excluding steroid dienone is 2.